The summed E-state index contributed by atoms with van der Waals surface area (Å²) in [6, 6.07) is 10.7. The Bertz CT molecular complexity index is 892. The van der Waals surface area contributed by atoms with Gasteiger partial charge in [-0.25, -0.2) is 4.79 Å². The van der Waals surface area contributed by atoms with E-state index in [0.29, 0.717) is 18.9 Å². The Kier molecular flexibility index (Phi) is 8.65. The van der Waals surface area contributed by atoms with Gasteiger partial charge in [0, 0.05) is 24.3 Å². The first-order valence-corrected chi connectivity index (χ1v) is 9.09. The van der Waals surface area contributed by atoms with Crippen LogP contribution in [-0.4, -0.2) is 27.1 Å². The molecule has 0 aliphatic carbocycles. The predicted molar refractivity (Wildman–Crippen MR) is 113 cm³/mol. The maximum atomic E-state index is 12.7. The minimum Gasteiger partial charge on any atom is -0.348 e. The van der Waals surface area contributed by atoms with E-state index in [0.717, 1.165) is 10.1 Å². The molecule has 0 radical (unpaired) electrons. The average molecular weight is 409 g/mol. The van der Waals surface area contributed by atoms with Crippen LogP contribution in [0.5, 0.6) is 0 Å². The van der Waals surface area contributed by atoms with E-state index >= 15 is 0 Å². The first-order valence-electron chi connectivity index (χ1n) is 9.09. The van der Waals surface area contributed by atoms with Crippen LogP contribution < -0.4 is 22.3 Å². The molecule has 1 atom stereocenters. The molecular formula is C20H29ClN4O3. The lowest BCUT2D eigenvalue weighted by Gasteiger charge is -2.31. The van der Waals surface area contributed by atoms with Crippen LogP contribution in [0.25, 0.3) is 0 Å². The third kappa shape index (κ3) is 6.35. The molecule has 1 unspecified atom stereocenters. The molecule has 0 fully saturated rings. The molecule has 1 aromatic heterocycles. The van der Waals surface area contributed by atoms with E-state index in [4.69, 9.17) is 5.73 Å². The summed E-state index contributed by atoms with van der Waals surface area (Å²) in [6.45, 7) is 6.23. The Balaban J connectivity index is 0.00000392. The molecule has 0 aliphatic heterocycles. The van der Waals surface area contributed by atoms with E-state index in [1.54, 1.807) is 0 Å². The molecule has 0 spiro atoms. The number of nitrogens with two attached hydrogens (primary N) is 1. The molecule has 1 aromatic carbocycles. The lowest BCUT2D eigenvalue weighted by molar-refractivity contribution is -0.123. The lowest BCUT2D eigenvalue weighted by Crippen LogP contribution is -2.54. The normalized spacial score (nSPS) is 12.9. The monoisotopic (exact) mass is 408 g/mol. The highest BCUT2D eigenvalue weighted by atomic mass is 35.5. The van der Waals surface area contributed by atoms with Crippen molar-refractivity contribution in [1.82, 2.24) is 14.5 Å². The molecule has 0 saturated heterocycles. The summed E-state index contributed by atoms with van der Waals surface area (Å²) in [4.78, 5) is 37.3. The lowest BCUT2D eigenvalue weighted by atomic mass is 9.91. The third-order valence-corrected chi connectivity index (χ3v) is 4.39. The predicted octanol–water partition coefficient (Wildman–Crippen LogP) is 1.36. The van der Waals surface area contributed by atoms with Gasteiger partial charge in [0.25, 0.3) is 5.56 Å². The van der Waals surface area contributed by atoms with Crippen LogP contribution in [-0.2, 0) is 17.9 Å². The topological polar surface area (TPSA) is 99.1 Å². The Hall–Kier alpha value is -2.38. The smallest absolute Gasteiger partial charge is 0.331 e. The van der Waals surface area contributed by atoms with Gasteiger partial charge in [0.2, 0.25) is 5.91 Å². The number of halogens is 1. The van der Waals surface area contributed by atoms with Gasteiger partial charge in [0.1, 0.15) is 6.54 Å². The Morgan fingerprint density at radius 1 is 1.18 bits per heavy atom. The minimum atomic E-state index is -0.577. The van der Waals surface area contributed by atoms with Crippen LogP contribution >= 0.6 is 12.4 Å². The first-order chi connectivity index (χ1) is 12.7. The number of hydrogen-bond donors (Lipinski definition) is 2. The summed E-state index contributed by atoms with van der Waals surface area (Å²) >= 11 is 0. The van der Waals surface area contributed by atoms with Gasteiger partial charge in [0.05, 0.1) is 6.54 Å². The molecule has 1 amide bonds. The molecule has 0 saturated carbocycles. The summed E-state index contributed by atoms with van der Waals surface area (Å²) in [7, 11) is 0. The summed E-state index contributed by atoms with van der Waals surface area (Å²) in [5, 5.41) is 2.87. The maximum absolute atomic E-state index is 12.7. The highest BCUT2D eigenvalue weighted by Crippen LogP contribution is 2.15. The fraction of sp³-hybridized carbons (Fsp3) is 0.450. The standard InChI is InChI=1S/C20H28N4O3.ClH/c1-15(2)11-20(3,14-21)22-17(25)13-24-18(26)9-10-23(19(24)27)12-16-7-5-4-6-8-16;/h4-10,15H,11-14,21H2,1-3H3,(H,22,25);1H. The van der Waals surface area contributed by atoms with Crippen LogP contribution in [0.2, 0.25) is 0 Å². The van der Waals surface area contributed by atoms with Gasteiger partial charge < -0.3 is 11.1 Å². The summed E-state index contributed by atoms with van der Waals surface area (Å²) in [5.74, 6) is -0.0540. The molecule has 154 valence electrons. The highest BCUT2D eigenvalue weighted by Gasteiger charge is 2.26. The van der Waals surface area contributed by atoms with Crippen molar-refractivity contribution in [1.29, 1.82) is 0 Å². The summed E-state index contributed by atoms with van der Waals surface area (Å²) < 4.78 is 2.37. The minimum absolute atomic E-state index is 0. The van der Waals surface area contributed by atoms with Crippen molar-refractivity contribution in [2.75, 3.05) is 6.54 Å². The van der Waals surface area contributed by atoms with Gasteiger partial charge in [0.15, 0.2) is 0 Å². The van der Waals surface area contributed by atoms with E-state index in [1.807, 2.05) is 51.1 Å². The summed E-state index contributed by atoms with van der Waals surface area (Å²) in [5.41, 5.74) is 5.16. The first kappa shape index (κ1) is 23.7. The molecular weight excluding hydrogens is 380 g/mol. The number of nitrogens with zero attached hydrogens (tertiary/aromatic N) is 2. The second kappa shape index (κ2) is 10.2. The van der Waals surface area contributed by atoms with Crippen LogP contribution in [0, 0.1) is 5.92 Å². The number of carbonyl (C=O) groups is 1. The summed E-state index contributed by atoms with van der Waals surface area (Å²) in [6.07, 6.45) is 2.16. The Morgan fingerprint density at radius 2 is 1.82 bits per heavy atom. The van der Waals surface area contributed by atoms with Crippen molar-refractivity contribution in [3.8, 4) is 0 Å². The fourth-order valence-electron chi connectivity index (χ4n) is 3.21. The average Bonchev–Trinajstić information content (AvgIpc) is 2.61. The molecule has 3 N–H and O–H groups in total. The van der Waals surface area contributed by atoms with Gasteiger partial charge in [-0.3, -0.25) is 18.7 Å². The van der Waals surface area contributed by atoms with Crippen molar-refractivity contribution >= 4 is 18.3 Å². The molecule has 7 nitrogen and oxygen atoms in total. The molecule has 2 rings (SSSR count). The zero-order valence-electron chi connectivity index (χ0n) is 16.6. The van der Waals surface area contributed by atoms with E-state index in [9.17, 15) is 14.4 Å². The highest BCUT2D eigenvalue weighted by molar-refractivity contribution is 5.85. The number of aromatic nitrogens is 2. The van der Waals surface area contributed by atoms with Gasteiger partial charge >= 0.3 is 5.69 Å². The van der Waals surface area contributed by atoms with Crippen molar-refractivity contribution in [2.24, 2.45) is 11.7 Å². The van der Waals surface area contributed by atoms with Gasteiger partial charge in [-0.15, -0.1) is 12.4 Å². The van der Waals surface area contributed by atoms with E-state index < -0.39 is 22.7 Å². The van der Waals surface area contributed by atoms with Crippen LogP contribution in [0.1, 0.15) is 32.8 Å². The number of carbonyl (C=O) groups excluding carboxylic acids is 1. The fourth-order valence-corrected chi connectivity index (χ4v) is 3.21. The zero-order chi connectivity index (χ0) is 20.0. The number of hydrogen-bond acceptors (Lipinski definition) is 4. The van der Waals surface area contributed by atoms with Crippen molar-refractivity contribution in [2.45, 2.75) is 45.8 Å². The van der Waals surface area contributed by atoms with Crippen molar-refractivity contribution in [3.05, 3.63) is 69.0 Å². The maximum Gasteiger partial charge on any atom is 0.331 e. The second-order valence-electron chi connectivity index (χ2n) is 7.55. The van der Waals surface area contributed by atoms with E-state index in [1.165, 1.54) is 16.8 Å². The second-order valence-corrected chi connectivity index (χ2v) is 7.55. The number of rotatable bonds is 8. The number of amides is 1. The van der Waals surface area contributed by atoms with E-state index in [2.05, 4.69) is 5.32 Å². The molecule has 2 aromatic rings. The quantitative estimate of drug-likeness (QED) is 0.688. The molecule has 8 heteroatoms. The van der Waals surface area contributed by atoms with Crippen molar-refractivity contribution < 1.29 is 4.79 Å². The van der Waals surface area contributed by atoms with E-state index in [-0.39, 0.29) is 25.5 Å². The largest absolute Gasteiger partial charge is 0.348 e. The van der Waals surface area contributed by atoms with Crippen molar-refractivity contribution in [3.63, 3.8) is 0 Å². The third-order valence-electron chi connectivity index (χ3n) is 4.39. The Morgan fingerprint density at radius 3 is 2.39 bits per heavy atom. The number of nitrogens with one attached hydrogen (secondary N) is 1. The Labute approximate surface area is 171 Å². The molecule has 0 bridgehead atoms. The van der Waals surface area contributed by atoms with Crippen LogP contribution in [0.3, 0.4) is 0 Å². The zero-order valence-corrected chi connectivity index (χ0v) is 17.4. The SMILES string of the molecule is CC(C)CC(C)(CN)NC(=O)Cn1c(=O)ccn(Cc2ccccc2)c1=O.Cl. The molecule has 0 aliphatic rings. The van der Waals surface area contributed by atoms with Gasteiger partial charge in [-0.2, -0.15) is 0 Å². The molecule has 1 heterocycles. The van der Waals surface area contributed by atoms with Crippen LogP contribution in [0.4, 0.5) is 0 Å². The number of benzene rings is 1. The van der Waals surface area contributed by atoms with Crippen LogP contribution in [0.15, 0.2) is 52.2 Å². The van der Waals surface area contributed by atoms with Gasteiger partial charge in [-0.05, 0) is 24.8 Å². The van der Waals surface area contributed by atoms with Gasteiger partial charge in [-0.1, -0.05) is 44.2 Å². The molecule has 28 heavy (non-hydrogen) atoms.